The van der Waals surface area contributed by atoms with Gasteiger partial charge in [-0.05, 0) is 43.7 Å². The number of hydrogen-bond donors (Lipinski definition) is 1. The number of nitrogens with one attached hydrogen (secondary N) is 1. The van der Waals surface area contributed by atoms with Gasteiger partial charge in [0.15, 0.2) is 0 Å². The van der Waals surface area contributed by atoms with Crippen LogP contribution in [0.2, 0.25) is 0 Å². The standard InChI is InChI=1S/C20H26N4O/c1-4-16-9-5-6-10-17(16)23-20(25)18-12-19(22-15(3)21-18)24-11-7-8-14(2)13-24/h5-6,9-10,12,14H,4,7-8,11,13H2,1-3H3,(H,23,25). The van der Waals surface area contributed by atoms with Gasteiger partial charge >= 0.3 is 0 Å². The van der Waals surface area contributed by atoms with E-state index in [1.54, 1.807) is 0 Å². The third kappa shape index (κ3) is 4.16. The second-order valence-electron chi connectivity index (χ2n) is 6.82. The van der Waals surface area contributed by atoms with Crippen LogP contribution in [0.4, 0.5) is 11.5 Å². The molecule has 3 rings (SSSR count). The Morgan fingerprint density at radius 1 is 1.32 bits per heavy atom. The first-order chi connectivity index (χ1) is 12.1. The van der Waals surface area contributed by atoms with Crippen LogP contribution in [0, 0.1) is 12.8 Å². The lowest BCUT2D eigenvalue weighted by molar-refractivity contribution is 0.102. The molecule has 132 valence electrons. The van der Waals surface area contributed by atoms with Crippen LogP contribution in [-0.2, 0) is 6.42 Å². The average Bonchev–Trinajstić information content (AvgIpc) is 2.61. The fourth-order valence-electron chi connectivity index (χ4n) is 3.36. The number of carbonyl (C=O) groups is 1. The molecule has 1 aliphatic heterocycles. The minimum Gasteiger partial charge on any atom is -0.356 e. The van der Waals surface area contributed by atoms with Crippen molar-refractivity contribution in [3.8, 4) is 0 Å². The lowest BCUT2D eigenvalue weighted by atomic mass is 10.0. The molecular weight excluding hydrogens is 312 g/mol. The zero-order valence-electron chi connectivity index (χ0n) is 15.2. The number of benzene rings is 1. The van der Waals surface area contributed by atoms with E-state index in [-0.39, 0.29) is 5.91 Å². The van der Waals surface area contributed by atoms with Crippen LogP contribution in [0.3, 0.4) is 0 Å². The largest absolute Gasteiger partial charge is 0.356 e. The number of anilines is 2. The quantitative estimate of drug-likeness (QED) is 0.920. The molecule has 0 aliphatic carbocycles. The van der Waals surface area contributed by atoms with Crippen molar-refractivity contribution in [1.29, 1.82) is 0 Å². The molecule has 1 fully saturated rings. The highest BCUT2D eigenvalue weighted by Gasteiger charge is 2.20. The Labute approximate surface area is 149 Å². The normalized spacial score (nSPS) is 17.4. The van der Waals surface area contributed by atoms with Crippen molar-refractivity contribution in [1.82, 2.24) is 9.97 Å². The number of amides is 1. The molecule has 0 bridgehead atoms. The van der Waals surface area contributed by atoms with Gasteiger partial charge in [0.1, 0.15) is 17.3 Å². The molecule has 0 spiro atoms. The Morgan fingerprint density at radius 2 is 2.12 bits per heavy atom. The second kappa shape index (κ2) is 7.64. The Kier molecular flexibility index (Phi) is 5.31. The number of hydrogen-bond acceptors (Lipinski definition) is 4. The molecule has 2 aromatic rings. The molecule has 1 saturated heterocycles. The van der Waals surface area contributed by atoms with Crippen molar-refractivity contribution in [2.24, 2.45) is 5.92 Å². The molecular formula is C20H26N4O. The Bertz CT molecular complexity index is 759. The number of nitrogens with zero attached hydrogens (tertiary/aromatic N) is 3. The first kappa shape index (κ1) is 17.4. The van der Waals surface area contributed by atoms with Crippen LogP contribution < -0.4 is 10.2 Å². The summed E-state index contributed by atoms with van der Waals surface area (Å²) in [6.07, 6.45) is 3.29. The van der Waals surface area contributed by atoms with E-state index >= 15 is 0 Å². The molecule has 1 unspecified atom stereocenters. The van der Waals surface area contributed by atoms with Crippen molar-refractivity contribution in [2.45, 2.75) is 40.0 Å². The fraction of sp³-hybridized carbons (Fsp3) is 0.450. The topological polar surface area (TPSA) is 58.1 Å². The van der Waals surface area contributed by atoms with Crippen molar-refractivity contribution in [3.63, 3.8) is 0 Å². The summed E-state index contributed by atoms with van der Waals surface area (Å²) >= 11 is 0. The highest BCUT2D eigenvalue weighted by atomic mass is 16.1. The molecule has 1 N–H and O–H groups in total. The van der Waals surface area contributed by atoms with E-state index in [1.165, 1.54) is 6.42 Å². The van der Waals surface area contributed by atoms with Gasteiger partial charge in [0, 0.05) is 24.8 Å². The van der Waals surface area contributed by atoms with Crippen LogP contribution in [-0.4, -0.2) is 29.0 Å². The predicted octanol–water partition coefficient (Wildman–Crippen LogP) is 3.84. The highest BCUT2D eigenvalue weighted by molar-refractivity contribution is 6.03. The maximum atomic E-state index is 12.7. The molecule has 1 aliphatic rings. The summed E-state index contributed by atoms with van der Waals surface area (Å²) in [5.41, 5.74) is 2.39. The summed E-state index contributed by atoms with van der Waals surface area (Å²) in [6.45, 7) is 8.15. The highest BCUT2D eigenvalue weighted by Crippen LogP contribution is 2.22. The predicted molar refractivity (Wildman–Crippen MR) is 101 cm³/mol. The molecule has 1 atom stereocenters. The van der Waals surface area contributed by atoms with Gasteiger partial charge in [0.05, 0.1) is 0 Å². The zero-order valence-corrected chi connectivity index (χ0v) is 15.2. The minimum atomic E-state index is -0.183. The average molecular weight is 338 g/mol. The van der Waals surface area contributed by atoms with Gasteiger partial charge in [0.25, 0.3) is 5.91 Å². The summed E-state index contributed by atoms with van der Waals surface area (Å²) in [7, 11) is 0. The lowest BCUT2D eigenvalue weighted by Gasteiger charge is -2.32. The Balaban J connectivity index is 1.83. The number of aryl methyl sites for hydroxylation is 2. The maximum Gasteiger partial charge on any atom is 0.274 e. The van der Waals surface area contributed by atoms with Crippen LogP contribution in [0.5, 0.6) is 0 Å². The van der Waals surface area contributed by atoms with Gasteiger partial charge in [-0.25, -0.2) is 9.97 Å². The summed E-state index contributed by atoms with van der Waals surface area (Å²) < 4.78 is 0. The van der Waals surface area contributed by atoms with E-state index < -0.39 is 0 Å². The first-order valence-electron chi connectivity index (χ1n) is 9.06. The maximum absolute atomic E-state index is 12.7. The van der Waals surface area contributed by atoms with Crippen molar-refractivity contribution in [3.05, 3.63) is 47.4 Å². The van der Waals surface area contributed by atoms with Crippen LogP contribution >= 0.6 is 0 Å². The minimum absolute atomic E-state index is 0.183. The molecule has 2 heterocycles. The summed E-state index contributed by atoms with van der Waals surface area (Å²) in [6, 6.07) is 9.69. The van der Waals surface area contributed by atoms with E-state index in [9.17, 15) is 4.79 Å². The lowest BCUT2D eigenvalue weighted by Crippen LogP contribution is -2.35. The third-order valence-corrected chi connectivity index (χ3v) is 4.68. The van der Waals surface area contributed by atoms with Crippen molar-refractivity contribution < 1.29 is 4.79 Å². The van der Waals surface area contributed by atoms with E-state index in [1.807, 2.05) is 37.3 Å². The van der Waals surface area contributed by atoms with E-state index in [4.69, 9.17) is 0 Å². The number of para-hydroxylation sites is 1. The molecule has 25 heavy (non-hydrogen) atoms. The molecule has 0 saturated carbocycles. The molecule has 5 heteroatoms. The molecule has 0 radical (unpaired) electrons. The summed E-state index contributed by atoms with van der Waals surface area (Å²) in [5, 5.41) is 3.00. The number of rotatable bonds is 4. The molecule has 1 aromatic heterocycles. The monoisotopic (exact) mass is 338 g/mol. The van der Waals surface area contributed by atoms with Gasteiger partial charge in [-0.3, -0.25) is 4.79 Å². The van der Waals surface area contributed by atoms with Gasteiger partial charge < -0.3 is 10.2 Å². The van der Waals surface area contributed by atoms with Gasteiger partial charge in [-0.2, -0.15) is 0 Å². The van der Waals surface area contributed by atoms with Crippen molar-refractivity contribution in [2.75, 3.05) is 23.3 Å². The number of piperidine rings is 1. The fourth-order valence-corrected chi connectivity index (χ4v) is 3.36. The van der Waals surface area contributed by atoms with Crippen LogP contribution in [0.25, 0.3) is 0 Å². The molecule has 5 nitrogen and oxygen atoms in total. The molecule has 1 amide bonds. The number of aromatic nitrogens is 2. The smallest absolute Gasteiger partial charge is 0.274 e. The summed E-state index contributed by atoms with van der Waals surface area (Å²) in [4.78, 5) is 23.9. The number of carbonyl (C=O) groups excluding carboxylic acids is 1. The Morgan fingerprint density at radius 3 is 2.88 bits per heavy atom. The van der Waals surface area contributed by atoms with Gasteiger partial charge in [0.2, 0.25) is 0 Å². The van der Waals surface area contributed by atoms with Gasteiger partial charge in [-0.1, -0.05) is 32.0 Å². The Hall–Kier alpha value is -2.43. The van der Waals surface area contributed by atoms with Crippen LogP contribution in [0.1, 0.15) is 48.6 Å². The zero-order chi connectivity index (χ0) is 17.8. The summed E-state index contributed by atoms with van der Waals surface area (Å²) in [5.74, 6) is 1.95. The SMILES string of the molecule is CCc1ccccc1NC(=O)c1cc(N2CCCC(C)C2)nc(C)n1. The second-order valence-corrected chi connectivity index (χ2v) is 6.82. The van der Waals surface area contributed by atoms with E-state index in [0.29, 0.717) is 17.4 Å². The van der Waals surface area contributed by atoms with Crippen LogP contribution in [0.15, 0.2) is 30.3 Å². The third-order valence-electron chi connectivity index (χ3n) is 4.68. The van der Waals surface area contributed by atoms with Gasteiger partial charge in [-0.15, -0.1) is 0 Å². The molecule has 1 aromatic carbocycles. The van der Waals surface area contributed by atoms with E-state index in [2.05, 4.69) is 34.0 Å². The van der Waals surface area contributed by atoms with E-state index in [0.717, 1.165) is 43.0 Å². The first-order valence-corrected chi connectivity index (χ1v) is 9.06. The van der Waals surface area contributed by atoms with Crippen molar-refractivity contribution >= 4 is 17.4 Å².